The van der Waals surface area contributed by atoms with Crippen LogP contribution in [0.4, 0.5) is 20.2 Å². The van der Waals surface area contributed by atoms with Gasteiger partial charge in [-0.1, -0.05) is 56.3 Å². The summed E-state index contributed by atoms with van der Waals surface area (Å²) >= 11 is 0. The number of carbonyl (C=O) groups is 3. The molecule has 252 valence electrons. The van der Waals surface area contributed by atoms with Gasteiger partial charge in [0.1, 0.15) is 11.9 Å². The second kappa shape index (κ2) is 17.4. The van der Waals surface area contributed by atoms with Gasteiger partial charge >= 0.3 is 5.97 Å². The number of halogens is 2. The van der Waals surface area contributed by atoms with Crippen LogP contribution in [-0.2, 0) is 16.0 Å². The fraction of sp³-hybridized carbons (Fsp3) is 0.216. The van der Waals surface area contributed by atoms with Crippen LogP contribution in [-0.4, -0.2) is 48.9 Å². The van der Waals surface area contributed by atoms with E-state index in [1.165, 1.54) is 25.4 Å². The number of methoxy groups -OCH3 is 1. The zero-order chi connectivity index (χ0) is 35.4. The molecule has 11 heteroatoms. The van der Waals surface area contributed by atoms with Gasteiger partial charge in [0, 0.05) is 24.0 Å². The molecule has 5 N–H and O–H groups in total. The predicted octanol–water partition coefficient (Wildman–Crippen LogP) is 6.94. The van der Waals surface area contributed by atoms with Crippen molar-refractivity contribution in [3.05, 3.63) is 125 Å². The molecule has 1 amide bonds. The number of likely N-dealkylation sites (N-methyl/N-ethyl adjacent to an activating group) is 1. The first kappa shape index (κ1) is 36.9. The Morgan fingerprint density at radius 2 is 1.60 bits per heavy atom. The van der Waals surface area contributed by atoms with Gasteiger partial charge in [-0.15, -0.1) is 0 Å². The van der Waals surface area contributed by atoms with Crippen molar-refractivity contribution in [1.29, 1.82) is 0 Å². The Morgan fingerprint density at radius 1 is 0.958 bits per heavy atom. The van der Waals surface area contributed by atoms with Crippen LogP contribution in [0, 0.1) is 18.6 Å². The molecule has 0 aliphatic carbocycles. The molecule has 4 aromatic carbocycles. The highest BCUT2D eigenvalue weighted by Crippen LogP contribution is 2.38. The number of hydrogen-bond donors (Lipinski definition) is 4. The molecule has 5 rings (SSSR count). The number of aldehydes is 1. The number of aryl methyl sites for hydroxylation is 1. The summed E-state index contributed by atoms with van der Waals surface area (Å²) in [6, 6.07) is 21.0. The van der Waals surface area contributed by atoms with Gasteiger partial charge in [0.05, 0.1) is 24.1 Å². The number of carbonyl (C=O) groups excluding carboxylic acids is 2. The number of carboxylic acids is 1. The summed E-state index contributed by atoms with van der Waals surface area (Å²) in [5.41, 5.74) is 9.66. The summed E-state index contributed by atoms with van der Waals surface area (Å²) in [5, 5.41) is 14.5. The molecule has 1 aliphatic heterocycles. The molecule has 1 heterocycles. The SMILES string of the molecule is CC.COc1cccc(-c2cccc3c2CCN(C)C3C(=O)Nc2ccc(C(=O)O)cc2)c1F.Cc1cccc(N/C=C(\N)C=O)c1F. The van der Waals surface area contributed by atoms with Crippen molar-refractivity contribution in [2.45, 2.75) is 33.2 Å². The number of ether oxygens (including phenoxy) is 1. The van der Waals surface area contributed by atoms with Crippen LogP contribution in [0.1, 0.15) is 46.9 Å². The predicted molar refractivity (Wildman–Crippen MR) is 184 cm³/mol. The number of nitrogens with one attached hydrogen (secondary N) is 2. The van der Waals surface area contributed by atoms with Gasteiger partial charge in [0.25, 0.3) is 0 Å². The maximum atomic E-state index is 15.0. The highest BCUT2D eigenvalue weighted by molar-refractivity contribution is 5.97. The molecular weight excluding hydrogens is 618 g/mol. The summed E-state index contributed by atoms with van der Waals surface area (Å²) < 4.78 is 33.4. The Labute approximate surface area is 279 Å². The Morgan fingerprint density at radius 3 is 2.25 bits per heavy atom. The van der Waals surface area contributed by atoms with Crippen molar-refractivity contribution in [3.63, 3.8) is 0 Å². The van der Waals surface area contributed by atoms with E-state index in [1.54, 1.807) is 55.5 Å². The largest absolute Gasteiger partial charge is 0.494 e. The maximum absolute atomic E-state index is 15.0. The Balaban J connectivity index is 0.000000328. The van der Waals surface area contributed by atoms with Crippen LogP contribution in [0.2, 0.25) is 0 Å². The molecule has 1 aliphatic rings. The maximum Gasteiger partial charge on any atom is 0.335 e. The number of nitrogens with two attached hydrogens (primary N) is 1. The molecule has 0 saturated heterocycles. The zero-order valence-corrected chi connectivity index (χ0v) is 27.5. The van der Waals surface area contributed by atoms with Crippen LogP contribution in [0.15, 0.2) is 90.8 Å². The first-order valence-corrected chi connectivity index (χ1v) is 15.3. The summed E-state index contributed by atoms with van der Waals surface area (Å²) in [7, 11) is 3.31. The number of rotatable bonds is 8. The number of anilines is 2. The van der Waals surface area contributed by atoms with Crippen molar-refractivity contribution >= 4 is 29.5 Å². The summed E-state index contributed by atoms with van der Waals surface area (Å²) in [5.74, 6) is -1.86. The summed E-state index contributed by atoms with van der Waals surface area (Å²) in [6.07, 6.45) is 2.42. The van der Waals surface area contributed by atoms with Crippen molar-refractivity contribution in [2.24, 2.45) is 5.73 Å². The fourth-order valence-electron chi connectivity index (χ4n) is 5.13. The van der Waals surface area contributed by atoms with Crippen LogP contribution < -0.4 is 21.1 Å². The number of aromatic carboxylic acids is 1. The molecule has 0 saturated carbocycles. The lowest BCUT2D eigenvalue weighted by molar-refractivity contribution is -0.121. The summed E-state index contributed by atoms with van der Waals surface area (Å²) in [6.45, 7) is 6.29. The van der Waals surface area contributed by atoms with E-state index < -0.39 is 17.8 Å². The van der Waals surface area contributed by atoms with Crippen LogP contribution in [0.25, 0.3) is 11.1 Å². The second-order valence-corrected chi connectivity index (χ2v) is 10.5. The minimum absolute atomic E-state index is 0.0194. The van der Waals surface area contributed by atoms with Gasteiger partial charge in [0.15, 0.2) is 17.9 Å². The second-order valence-electron chi connectivity index (χ2n) is 10.5. The highest BCUT2D eigenvalue weighted by atomic mass is 19.1. The quantitative estimate of drug-likeness (QED) is 0.118. The molecular formula is C37H40F2N4O5. The van der Waals surface area contributed by atoms with Gasteiger partial charge in [-0.2, -0.15) is 0 Å². The standard InChI is InChI=1S/C25H23FN2O4.C10H11FN2O.C2H6/c1-28-14-13-18-17(19-6-4-8-21(32-2)22(19)26)5-3-7-20(18)23(28)24(29)27-16-11-9-15(10-12-16)25(30)31;1-7-3-2-4-9(10(7)11)13-5-8(12)6-14;1-2/h3-12,23H,13-14H2,1-2H3,(H,27,29)(H,30,31);2-6,13H,12H2,1H3;1-2H3/b;8-5-;. The van der Waals surface area contributed by atoms with E-state index in [9.17, 15) is 23.2 Å². The minimum Gasteiger partial charge on any atom is -0.494 e. The average molecular weight is 659 g/mol. The molecule has 48 heavy (non-hydrogen) atoms. The van der Waals surface area contributed by atoms with E-state index in [-0.39, 0.29) is 28.7 Å². The normalized spacial score (nSPS) is 13.8. The van der Waals surface area contributed by atoms with E-state index >= 15 is 0 Å². The fourth-order valence-corrected chi connectivity index (χ4v) is 5.13. The molecule has 0 radical (unpaired) electrons. The van der Waals surface area contributed by atoms with E-state index in [0.717, 1.165) is 16.7 Å². The van der Waals surface area contributed by atoms with Gasteiger partial charge in [0.2, 0.25) is 5.91 Å². The molecule has 9 nitrogen and oxygen atoms in total. The first-order chi connectivity index (χ1) is 23.0. The Bertz CT molecular complexity index is 1780. The van der Waals surface area contributed by atoms with Gasteiger partial charge in [-0.3, -0.25) is 14.5 Å². The van der Waals surface area contributed by atoms with Gasteiger partial charge in [-0.25, -0.2) is 13.6 Å². The van der Waals surface area contributed by atoms with Crippen molar-refractivity contribution in [2.75, 3.05) is 31.3 Å². The van der Waals surface area contributed by atoms with E-state index in [1.807, 2.05) is 44.0 Å². The van der Waals surface area contributed by atoms with E-state index in [2.05, 4.69) is 10.6 Å². The van der Waals surface area contributed by atoms with Crippen molar-refractivity contribution in [3.8, 4) is 16.9 Å². The Hall–Kier alpha value is -5.55. The third-order valence-electron chi connectivity index (χ3n) is 7.51. The van der Waals surface area contributed by atoms with Crippen molar-refractivity contribution < 1.29 is 33.0 Å². The number of hydrogen-bond acceptors (Lipinski definition) is 7. The third-order valence-corrected chi connectivity index (χ3v) is 7.51. The van der Waals surface area contributed by atoms with Crippen LogP contribution in [0.5, 0.6) is 5.75 Å². The number of nitrogens with zero attached hydrogens (tertiary/aromatic N) is 1. The van der Waals surface area contributed by atoms with E-state index in [4.69, 9.17) is 15.6 Å². The number of carboxylic acid groups (broad SMARTS) is 1. The molecule has 1 atom stereocenters. The van der Waals surface area contributed by atoms with Crippen molar-refractivity contribution in [1.82, 2.24) is 4.90 Å². The molecule has 1 unspecified atom stereocenters. The summed E-state index contributed by atoms with van der Waals surface area (Å²) in [4.78, 5) is 36.4. The smallest absolute Gasteiger partial charge is 0.335 e. The molecule has 0 bridgehead atoms. The van der Waals surface area contributed by atoms with Crippen LogP contribution >= 0.6 is 0 Å². The monoisotopic (exact) mass is 658 g/mol. The Kier molecular flexibility index (Phi) is 13.4. The molecule has 0 fully saturated rings. The van der Waals surface area contributed by atoms with Gasteiger partial charge in [-0.05, 0) is 79.0 Å². The van der Waals surface area contributed by atoms with Gasteiger partial charge < -0.3 is 26.2 Å². The number of allylic oxidation sites excluding steroid dienone is 1. The number of benzene rings is 4. The molecule has 0 aromatic heterocycles. The molecule has 4 aromatic rings. The number of fused-ring (bicyclic) bond motifs is 1. The topological polar surface area (TPSA) is 134 Å². The average Bonchev–Trinajstić information content (AvgIpc) is 3.09. The molecule has 0 spiro atoms. The lowest BCUT2D eigenvalue weighted by Crippen LogP contribution is -2.39. The zero-order valence-electron chi connectivity index (χ0n) is 27.5. The number of amides is 1. The van der Waals surface area contributed by atoms with Crippen LogP contribution in [0.3, 0.4) is 0 Å². The highest BCUT2D eigenvalue weighted by Gasteiger charge is 2.32. The third kappa shape index (κ3) is 8.83. The lowest BCUT2D eigenvalue weighted by Gasteiger charge is -2.34. The first-order valence-electron chi connectivity index (χ1n) is 15.3. The lowest BCUT2D eigenvalue weighted by atomic mass is 9.86. The minimum atomic E-state index is -1.03. The van der Waals surface area contributed by atoms with E-state index in [0.29, 0.717) is 41.8 Å².